The molecule has 138 valence electrons. The molecule has 4 atom stereocenters. The summed E-state index contributed by atoms with van der Waals surface area (Å²) in [5.74, 6) is -1.08. The standard InChI is InChI=1S/C21H20N2O4/c24-20-18-15-9-10-16(17(15)12-5-2-1-3-6-12)19(18)21(25)22(20)13-7-4-8-14(11-13)23(26)27/h4,7-11,15-16,18-19H,1-3,5-6H2/t15-,16+,18+,19-. The number of carbonyl (C=O) groups excluding carboxylic acids is 2. The van der Waals surface area contributed by atoms with Crippen LogP contribution >= 0.6 is 0 Å². The van der Waals surface area contributed by atoms with Gasteiger partial charge in [-0.05, 0) is 31.7 Å². The van der Waals surface area contributed by atoms with E-state index < -0.39 is 4.92 Å². The minimum Gasteiger partial charge on any atom is -0.274 e. The Morgan fingerprint density at radius 1 is 0.963 bits per heavy atom. The predicted molar refractivity (Wildman–Crippen MR) is 98.8 cm³/mol. The highest BCUT2D eigenvalue weighted by Crippen LogP contribution is 2.58. The number of rotatable bonds is 2. The van der Waals surface area contributed by atoms with Crippen molar-refractivity contribution in [3.05, 3.63) is 57.7 Å². The molecule has 1 heterocycles. The van der Waals surface area contributed by atoms with Crippen molar-refractivity contribution >= 4 is 23.2 Å². The molecule has 1 saturated heterocycles. The third kappa shape index (κ3) is 2.25. The van der Waals surface area contributed by atoms with Gasteiger partial charge in [0.2, 0.25) is 11.8 Å². The number of benzene rings is 1. The van der Waals surface area contributed by atoms with Gasteiger partial charge in [-0.1, -0.05) is 35.8 Å². The Labute approximate surface area is 156 Å². The molecule has 0 N–H and O–H groups in total. The summed E-state index contributed by atoms with van der Waals surface area (Å²) in [5.41, 5.74) is 2.97. The minimum absolute atomic E-state index is 0.0215. The maximum atomic E-state index is 13.2. The van der Waals surface area contributed by atoms with Crippen molar-refractivity contribution in [2.24, 2.45) is 23.7 Å². The maximum Gasteiger partial charge on any atom is 0.271 e. The fourth-order valence-corrected chi connectivity index (χ4v) is 5.50. The largest absolute Gasteiger partial charge is 0.274 e. The molecule has 2 amide bonds. The summed E-state index contributed by atoms with van der Waals surface area (Å²) in [7, 11) is 0. The van der Waals surface area contributed by atoms with Crippen molar-refractivity contribution in [2.75, 3.05) is 4.90 Å². The van der Waals surface area contributed by atoms with E-state index in [1.54, 1.807) is 6.07 Å². The summed E-state index contributed by atoms with van der Waals surface area (Å²) < 4.78 is 0. The van der Waals surface area contributed by atoms with Crippen LogP contribution in [0, 0.1) is 33.8 Å². The highest BCUT2D eigenvalue weighted by atomic mass is 16.6. The molecule has 27 heavy (non-hydrogen) atoms. The minimum atomic E-state index is -0.508. The molecule has 6 nitrogen and oxygen atoms in total. The second kappa shape index (κ2) is 5.87. The van der Waals surface area contributed by atoms with Crippen LogP contribution in [-0.2, 0) is 9.59 Å². The van der Waals surface area contributed by atoms with Gasteiger partial charge in [0.15, 0.2) is 0 Å². The van der Waals surface area contributed by atoms with E-state index in [0.717, 1.165) is 12.8 Å². The lowest BCUT2D eigenvalue weighted by Crippen LogP contribution is -2.33. The molecule has 2 saturated carbocycles. The highest BCUT2D eigenvalue weighted by Gasteiger charge is 2.62. The topological polar surface area (TPSA) is 80.5 Å². The Bertz CT molecular complexity index is 890. The smallest absolute Gasteiger partial charge is 0.271 e. The van der Waals surface area contributed by atoms with Crippen molar-refractivity contribution in [2.45, 2.75) is 32.1 Å². The van der Waals surface area contributed by atoms with Gasteiger partial charge in [0, 0.05) is 24.0 Å². The van der Waals surface area contributed by atoms with E-state index in [0.29, 0.717) is 5.69 Å². The lowest BCUT2D eigenvalue weighted by molar-refractivity contribution is -0.384. The van der Waals surface area contributed by atoms with Gasteiger partial charge in [0.25, 0.3) is 5.69 Å². The van der Waals surface area contributed by atoms with E-state index in [2.05, 4.69) is 12.2 Å². The fourth-order valence-electron chi connectivity index (χ4n) is 5.50. The van der Waals surface area contributed by atoms with Gasteiger partial charge in [-0.2, -0.15) is 0 Å². The summed E-state index contributed by atoms with van der Waals surface area (Å²) in [4.78, 5) is 38.1. The van der Waals surface area contributed by atoms with Crippen molar-refractivity contribution < 1.29 is 14.5 Å². The number of nitro benzene ring substituents is 1. The molecule has 1 aliphatic heterocycles. The quantitative estimate of drug-likeness (QED) is 0.346. The van der Waals surface area contributed by atoms with Crippen LogP contribution in [0.25, 0.3) is 0 Å². The van der Waals surface area contributed by atoms with E-state index in [1.165, 1.54) is 53.5 Å². The number of anilines is 1. The number of hydrogen-bond acceptors (Lipinski definition) is 4. The van der Waals surface area contributed by atoms with E-state index in [4.69, 9.17) is 0 Å². The molecule has 2 bridgehead atoms. The van der Waals surface area contributed by atoms with Crippen LogP contribution in [0.15, 0.2) is 47.6 Å². The molecule has 0 spiro atoms. The Hall–Kier alpha value is -2.76. The first-order valence-corrected chi connectivity index (χ1v) is 9.60. The second-order valence-corrected chi connectivity index (χ2v) is 7.90. The number of allylic oxidation sites excluding steroid dienone is 4. The molecule has 3 fully saturated rings. The van der Waals surface area contributed by atoms with Crippen molar-refractivity contribution in [1.29, 1.82) is 0 Å². The van der Waals surface area contributed by atoms with Crippen LogP contribution in [0.2, 0.25) is 0 Å². The predicted octanol–water partition coefficient (Wildman–Crippen LogP) is 3.78. The van der Waals surface area contributed by atoms with Gasteiger partial charge in [0.1, 0.15) is 0 Å². The average molecular weight is 364 g/mol. The highest BCUT2D eigenvalue weighted by molar-refractivity contribution is 6.23. The Balaban J connectivity index is 1.52. The van der Waals surface area contributed by atoms with Crippen LogP contribution in [0.4, 0.5) is 11.4 Å². The Kier molecular flexibility index (Phi) is 3.57. The number of non-ortho nitro benzene ring substituents is 1. The molecule has 6 heteroatoms. The molecule has 5 rings (SSSR count). The van der Waals surface area contributed by atoms with Crippen LogP contribution in [0.1, 0.15) is 32.1 Å². The summed E-state index contributed by atoms with van der Waals surface area (Å²) in [6.45, 7) is 0. The first-order valence-electron chi connectivity index (χ1n) is 9.60. The first kappa shape index (κ1) is 16.4. The van der Waals surface area contributed by atoms with Gasteiger partial charge in [0.05, 0.1) is 22.4 Å². The van der Waals surface area contributed by atoms with Gasteiger partial charge in [-0.3, -0.25) is 19.7 Å². The van der Waals surface area contributed by atoms with Crippen molar-refractivity contribution in [3.63, 3.8) is 0 Å². The number of imide groups is 1. The van der Waals surface area contributed by atoms with E-state index in [9.17, 15) is 19.7 Å². The summed E-state index contributed by atoms with van der Waals surface area (Å²) >= 11 is 0. The van der Waals surface area contributed by atoms with Gasteiger partial charge in [-0.15, -0.1) is 0 Å². The maximum absolute atomic E-state index is 13.2. The van der Waals surface area contributed by atoms with Crippen LogP contribution in [-0.4, -0.2) is 16.7 Å². The van der Waals surface area contributed by atoms with Crippen LogP contribution in [0.3, 0.4) is 0 Å². The zero-order valence-electron chi connectivity index (χ0n) is 14.8. The Morgan fingerprint density at radius 2 is 1.59 bits per heavy atom. The average Bonchev–Trinajstić information content (AvgIpc) is 3.32. The number of carbonyl (C=O) groups is 2. The van der Waals surface area contributed by atoms with E-state index in [-0.39, 0.29) is 41.2 Å². The zero-order chi connectivity index (χ0) is 18.7. The molecule has 0 aromatic heterocycles. The molecule has 1 aromatic carbocycles. The number of fused-ring (bicyclic) bond motifs is 5. The number of nitro groups is 1. The summed E-state index contributed by atoms with van der Waals surface area (Å²) in [6.07, 6.45) is 10.0. The molecular formula is C21H20N2O4. The van der Waals surface area contributed by atoms with E-state index >= 15 is 0 Å². The lowest BCUT2D eigenvalue weighted by atomic mass is 9.85. The molecule has 0 radical (unpaired) electrons. The van der Waals surface area contributed by atoms with Crippen molar-refractivity contribution in [3.8, 4) is 0 Å². The van der Waals surface area contributed by atoms with Crippen LogP contribution in [0.5, 0.6) is 0 Å². The van der Waals surface area contributed by atoms with Crippen LogP contribution < -0.4 is 4.90 Å². The zero-order valence-corrected chi connectivity index (χ0v) is 14.8. The third-order valence-electron chi connectivity index (χ3n) is 6.58. The Morgan fingerprint density at radius 3 is 2.19 bits per heavy atom. The SMILES string of the molecule is O=C1[C@@H]2[C@H](C(=O)N1c1cccc([N+](=O)[O-])c1)[C@H]1C=C[C@@H]2C1=C1CCCCC1. The van der Waals surface area contributed by atoms with E-state index in [1.807, 2.05) is 0 Å². The van der Waals surface area contributed by atoms with Gasteiger partial charge < -0.3 is 0 Å². The molecule has 0 unspecified atom stereocenters. The number of nitrogens with zero attached hydrogens (tertiary/aromatic N) is 2. The summed E-state index contributed by atoms with van der Waals surface area (Å²) in [5, 5.41) is 11.1. The molecule has 1 aromatic rings. The van der Waals surface area contributed by atoms with Crippen molar-refractivity contribution in [1.82, 2.24) is 0 Å². The van der Waals surface area contributed by atoms with Gasteiger partial charge >= 0.3 is 0 Å². The summed E-state index contributed by atoms with van der Waals surface area (Å²) in [6, 6.07) is 5.79. The molecule has 4 aliphatic rings. The fraction of sp³-hybridized carbons (Fsp3) is 0.429. The normalized spacial score (nSPS) is 31.8. The van der Waals surface area contributed by atoms with Gasteiger partial charge in [-0.25, -0.2) is 4.90 Å². The number of hydrogen-bond donors (Lipinski definition) is 0. The lowest BCUT2D eigenvalue weighted by Gasteiger charge is -2.23. The monoisotopic (exact) mass is 364 g/mol. The second-order valence-electron chi connectivity index (χ2n) is 7.90. The number of amides is 2. The third-order valence-corrected chi connectivity index (χ3v) is 6.58. The first-order chi connectivity index (χ1) is 13.1. The molecular weight excluding hydrogens is 344 g/mol. The molecule has 3 aliphatic carbocycles.